The summed E-state index contributed by atoms with van der Waals surface area (Å²) in [5.41, 5.74) is 4.32. The topological polar surface area (TPSA) is 97.0 Å². The minimum atomic E-state index is -0.609. The van der Waals surface area contributed by atoms with Gasteiger partial charge in [-0.3, -0.25) is 10.1 Å². The first-order valence-electron chi connectivity index (χ1n) is 11.6. The van der Waals surface area contributed by atoms with Crippen LogP contribution in [-0.2, 0) is 9.53 Å². The molecule has 37 heavy (non-hydrogen) atoms. The SMILES string of the molecule is O=C(COC(=O)c1ccccc1-c1nc2ccccc2[nH]1)Nc1nc(-c2ccc3ccccc3c2)cs1. The van der Waals surface area contributed by atoms with E-state index in [0.29, 0.717) is 22.1 Å². The van der Waals surface area contributed by atoms with Crippen molar-refractivity contribution in [2.75, 3.05) is 11.9 Å². The number of para-hydroxylation sites is 2. The van der Waals surface area contributed by atoms with Gasteiger partial charge in [0.05, 0.1) is 22.3 Å². The van der Waals surface area contributed by atoms with E-state index in [0.717, 1.165) is 33.1 Å². The van der Waals surface area contributed by atoms with Crippen molar-refractivity contribution in [2.24, 2.45) is 0 Å². The Balaban J connectivity index is 1.12. The van der Waals surface area contributed by atoms with Crippen LogP contribution in [0.1, 0.15) is 10.4 Å². The van der Waals surface area contributed by atoms with Gasteiger partial charge in [-0.05, 0) is 35.0 Å². The van der Waals surface area contributed by atoms with E-state index in [1.807, 2.05) is 60.0 Å². The molecule has 0 aliphatic heterocycles. The van der Waals surface area contributed by atoms with Gasteiger partial charge in [0.2, 0.25) is 0 Å². The normalized spacial score (nSPS) is 11.0. The molecule has 0 bridgehead atoms. The second-order valence-electron chi connectivity index (χ2n) is 8.37. The average Bonchev–Trinajstić information content (AvgIpc) is 3.59. The first-order chi connectivity index (χ1) is 18.1. The molecule has 2 heterocycles. The van der Waals surface area contributed by atoms with Gasteiger partial charge >= 0.3 is 5.97 Å². The maximum absolute atomic E-state index is 12.9. The quantitative estimate of drug-likeness (QED) is 0.259. The first-order valence-corrected chi connectivity index (χ1v) is 12.5. The standard InChI is InChI=1S/C29H20N4O3S/c34-26(33-29-32-25(17-37-29)20-14-13-18-7-1-2-8-19(18)15-20)16-36-28(35)22-10-4-3-9-21(22)27-30-23-11-5-6-12-24(23)31-27/h1-15,17H,16H2,(H,30,31)(H,32,33,34). The number of hydrogen-bond donors (Lipinski definition) is 2. The largest absolute Gasteiger partial charge is 0.452 e. The molecule has 0 unspecified atom stereocenters. The summed E-state index contributed by atoms with van der Waals surface area (Å²) in [4.78, 5) is 37.7. The number of aromatic amines is 1. The van der Waals surface area contributed by atoms with Crippen LogP contribution in [0.25, 0.3) is 44.5 Å². The number of thiazole rings is 1. The summed E-state index contributed by atoms with van der Waals surface area (Å²) in [6.07, 6.45) is 0. The van der Waals surface area contributed by atoms with Crippen LogP contribution in [0.5, 0.6) is 0 Å². The average molecular weight is 505 g/mol. The first kappa shape index (κ1) is 22.6. The summed E-state index contributed by atoms with van der Waals surface area (Å²) < 4.78 is 5.32. The van der Waals surface area contributed by atoms with E-state index in [1.54, 1.807) is 18.2 Å². The number of hydrogen-bond acceptors (Lipinski definition) is 6. The van der Waals surface area contributed by atoms with Gasteiger partial charge in [-0.2, -0.15) is 0 Å². The zero-order valence-electron chi connectivity index (χ0n) is 19.5. The van der Waals surface area contributed by atoms with Crippen LogP contribution in [-0.4, -0.2) is 33.4 Å². The van der Waals surface area contributed by atoms with Crippen LogP contribution >= 0.6 is 11.3 Å². The number of fused-ring (bicyclic) bond motifs is 2. The number of amides is 1. The molecular formula is C29H20N4O3S. The molecule has 0 aliphatic carbocycles. The monoisotopic (exact) mass is 504 g/mol. The third kappa shape index (κ3) is 4.70. The molecule has 1 amide bonds. The Morgan fingerprint density at radius 3 is 2.54 bits per heavy atom. The van der Waals surface area contributed by atoms with Crippen LogP contribution in [0.4, 0.5) is 5.13 Å². The molecule has 4 aromatic carbocycles. The molecule has 180 valence electrons. The number of imidazole rings is 1. The van der Waals surface area contributed by atoms with E-state index >= 15 is 0 Å². The van der Waals surface area contributed by atoms with E-state index in [4.69, 9.17) is 4.74 Å². The van der Waals surface area contributed by atoms with Gasteiger partial charge < -0.3 is 9.72 Å². The highest BCUT2D eigenvalue weighted by molar-refractivity contribution is 7.14. The van der Waals surface area contributed by atoms with E-state index < -0.39 is 18.5 Å². The number of benzene rings is 4. The summed E-state index contributed by atoms with van der Waals surface area (Å²) >= 11 is 1.31. The Morgan fingerprint density at radius 1 is 0.865 bits per heavy atom. The van der Waals surface area contributed by atoms with E-state index in [2.05, 4.69) is 38.5 Å². The predicted molar refractivity (Wildman–Crippen MR) is 145 cm³/mol. The van der Waals surface area contributed by atoms with Crippen molar-refractivity contribution in [1.29, 1.82) is 0 Å². The molecular weight excluding hydrogens is 484 g/mol. The Kier molecular flexibility index (Phi) is 5.92. The molecule has 6 aromatic rings. The third-order valence-corrected chi connectivity index (χ3v) is 6.68. The van der Waals surface area contributed by atoms with Gasteiger partial charge in [0.1, 0.15) is 5.82 Å². The summed E-state index contributed by atoms with van der Waals surface area (Å²) in [6.45, 7) is -0.432. The second-order valence-corrected chi connectivity index (χ2v) is 9.23. The molecule has 7 nitrogen and oxygen atoms in total. The lowest BCUT2D eigenvalue weighted by Crippen LogP contribution is -2.21. The fourth-order valence-corrected chi connectivity index (χ4v) is 4.86. The summed E-state index contributed by atoms with van der Waals surface area (Å²) in [6, 6.07) is 28.9. The zero-order valence-corrected chi connectivity index (χ0v) is 20.3. The Hall–Kier alpha value is -4.82. The third-order valence-electron chi connectivity index (χ3n) is 5.92. The molecule has 8 heteroatoms. The smallest absolute Gasteiger partial charge is 0.339 e. The Morgan fingerprint density at radius 2 is 1.65 bits per heavy atom. The number of nitrogens with one attached hydrogen (secondary N) is 2. The molecule has 0 atom stereocenters. The summed E-state index contributed by atoms with van der Waals surface area (Å²) in [5.74, 6) is -0.515. The van der Waals surface area contributed by atoms with E-state index in [-0.39, 0.29) is 0 Å². The molecule has 0 fully saturated rings. The number of esters is 1. The number of ether oxygens (including phenoxy) is 1. The highest BCUT2D eigenvalue weighted by Gasteiger charge is 2.18. The van der Waals surface area contributed by atoms with Gasteiger partial charge in [-0.25, -0.2) is 14.8 Å². The van der Waals surface area contributed by atoms with Crippen molar-refractivity contribution in [1.82, 2.24) is 15.0 Å². The van der Waals surface area contributed by atoms with Crippen LogP contribution in [0.3, 0.4) is 0 Å². The van der Waals surface area contributed by atoms with Crippen molar-refractivity contribution in [3.8, 4) is 22.6 Å². The number of H-pyrrole nitrogens is 1. The number of carbonyl (C=O) groups excluding carboxylic acids is 2. The predicted octanol–water partition coefficient (Wildman–Crippen LogP) is 6.30. The van der Waals surface area contributed by atoms with Gasteiger partial charge in [0, 0.05) is 16.5 Å². The van der Waals surface area contributed by atoms with E-state index in [9.17, 15) is 9.59 Å². The van der Waals surface area contributed by atoms with Crippen molar-refractivity contribution in [3.05, 3.63) is 102 Å². The minimum absolute atomic E-state index is 0.321. The van der Waals surface area contributed by atoms with Crippen molar-refractivity contribution < 1.29 is 14.3 Å². The summed E-state index contributed by atoms with van der Waals surface area (Å²) in [7, 11) is 0. The molecule has 0 saturated heterocycles. The van der Waals surface area contributed by atoms with Gasteiger partial charge in [0.15, 0.2) is 11.7 Å². The molecule has 0 spiro atoms. The molecule has 2 aromatic heterocycles. The lowest BCUT2D eigenvalue weighted by molar-refractivity contribution is -0.119. The number of aromatic nitrogens is 3. The summed E-state index contributed by atoms with van der Waals surface area (Å²) in [5, 5.41) is 7.30. The Bertz CT molecular complexity index is 1740. The highest BCUT2D eigenvalue weighted by atomic mass is 32.1. The molecule has 0 saturated carbocycles. The van der Waals surface area contributed by atoms with Crippen molar-refractivity contribution in [3.63, 3.8) is 0 Å². The zero-order chi connectivity index (χ0) is 25.2. The van der Waals surface area contributed by atoms with Gasteiger partial charge in [0.25, 0.3) is 5.91 Å². The lowest BCUT2D eigenvalue weighted by atomic mass is 10.1. The Labute approximate surface area is 215 Å². The van der Waals surface area contributed by atoms with Gasteiger partial charge in [-0.1, -0.05) is 66.7 Å². The molecule has 0 radical (unpaired) electrons. The number of rotatable bonds is 6. The number of nitrogens with zero attached hydrogens (tertiary/aromatic N) is 2. The molecule has 0 aliphatic rings. The van der Waals surface area contributed by atoms with Crippen LogP contribution < -0.4 is 5.32 Å². The highest BCUT2D eigenvalue weighted by Crippen LogP contribution is 2.28. The van der Waals surface area contributed by atoms with Crippen LogP contribution in [0.15, 0.2) is 96.4 Å². The second kappa shape index (κ2) is 9.67. The van der Waals surface area contributed by atoms with Crippen molar-refractivity contribution in [2.45, 2.75) is 0 Å². The minimum Gasteiger partial charge on any atom is -0.452 e. The number of carbonyl (C=O) groups is 2. The van der Waals surface area contributed by atoms with Gasteiger partial charge in [-0.15, -0.1) is 11.3 Å². The van der Waals surface area contributed by atoms with Crippen LogP contribution in [0, 0.1) is 0 Å². The fraction of sp³-hybridized carbons (Fsp3) is 0.0345. The molecule has 2 N–H and O–H groups in total. The van der Waals surface area contributed by atoms with E-state index in [1.165, 1.54) is 11.3 Å². The van der Waals surface area contributed by atoms with Crippen molar-refractivity contribution >= 4 is 50.2 Å². The number of anilines is 1. The maximum Gasteiger partial charge on any atom is 0.339 e. The fourth-order valence-electron chi connectivity index (χ4n) is 4.12. The van der Waals surface area contributed by atoms with Crippen LogP contribution in [0.2, 0.25) is 0 Å². The maximum atomic E-state index is 12.9. The lowest BCUT2D eigenvalue weighted by Gasteiger charge is -2.08. The molecule has 6 rings (SSSR count).